The van der Waals surface area contributed by atoms with Crippen LogP contribution in [0.3, 0.4) is 0 Å². The Hall–Kier alpha value is -2.08. The summed E-state index contributed by atoms with van der Waals surface area (Å²) in [5.74, 6) is 0.424. The van der Waals surface area contributed by atoms with Gasteiger partial charge < -0.3 is 14.9 Å². The fourth-order valence-corrected chi connectivity index (χ4v) is 1.73. The lowest BCUT2D eigenvalue weighted by molar-refractivity contribution is -0.389. The van der Waals surface area contributed by atoms with E-state index in [4.69, 9.17) is 16.3 Å². The number of benzene rings is 1. The average Bonchev–Trinajstić information content (AvgIpc) is 2.71. The van der Waals surface area contributed by atoms with Crippen molar-refractivity contribution in [2.45, 2.75) is 6.54 Å². The van der Waals surface area contributed by atoms with Crippen molar-refractivity contribution in [1.29, 1.82) is 0 Å². The molecule has 0 bridgehead atoms. The Kier molecular flexibility index (Phi) is 3.47. The highest BCUT2D eigenvalue weighted by molar-refractivity contribution is 6.32. The number of halogens is 1. The summed E-state index contributed by atoms with van der Waals surface area (Å²) >= 11 is 5.71. The Morgan fingerprint density at radius 1 is 1.44 bits per heavy atom. The Morgan fingerprint density at radius 3 is 2.61 bits per heavy atom. The molecule has 94 valence electrons. The fraction of sp³-hybridized carbons (Fsp3) is 0.182. The Morgan fingerprint density at radius 2 is 2.11 bits per heavy atom. The summed E-state index contributed by atoms with van der Waals surface area (Å²) in [6, 6.07) is 7.35. The topological polar surface area (TPSA) is 70.2 Å². The van der Waals surface area contributed by atoms with Crippen LogP contribution in [0.4, 0.5) is 5.82 Å². The number of rotatable bonds is 4. The molecule has 0 saturated heterocycles. The van der Waals surface area contributed by atoms with Gasteiger partial charge in [-0.25, -0.2) is 0 Å². The summed E-state index contributed by atoms with van der Waals surface area (Å²) in [6.07, 6.45) is 1.43. The van der Waals surface area contributed by atoms with E-state index in [9.17, 15) is 10.1 Å². The molecule has 0 amide bonds. The summed E-state index contributed by atoms with van der Waals surface area (Å²) in [7, 11) is 1.59. The van der Waals surface area contributed by atoms with Gasteiger partial charge in [-0.2, -0.15) is 4.68 Å². The van der Waals surface area contributed by atoms with E-state index in [2.05, 4.69) is 5.10 Å². The Labute approximate surface area is 108 Å². The molecule has 1 aromatic carbocycles. The van der Waals surface area contributed by atoms with E-state index < -0.39 is 4.92 Å². The first-order valence-corrected chi connectivity index (χ1v) is 5.48. The van der Waals surface area contributed by atoms with Crippen molar-refractivity contribution < 1.29 is 9.66 Å². The lowest BCUT2D eigenvalue weighted by Gasteiger charge is -2.01. The highest BCUT2D eigenvalue weighted by Gasteiger charge is 2.18. The molecule has 0 atom stereocenters. The van der Waals surface area contributed by atoms with Crippen LogP contribution in [0.25, 0.3) is 0 Å². The van der Waals surface area contributed by atoms with Crippen molar-refractivity contribution in [3.05, 3.63) is 51.2 Å². The fourth-order valence-electron chi connectivity index (χ4n) is 1.51. The van der Waals surface area contributed by atoms with Crippen LogP contribution < -0.4 is 4.74 Å². The van der Waals surface area contributed by atoms with Crippen LogP contribution in [0.5, 0.6) is 5.75 Å². The van der Waals surface area contributed by atoms with Crippen LogP contribution in [0.15, 0.2) is 30.5 Å². The summed E-state index contributed by atoms with van der Waals surface area (Å²) in [5.41, 5.74) is 0.949. The largest absolute Gasteiger partial charge is 0.497 e. The van der Waals surface area contributed by atoms with E-state index in [1.54, 1.807) is 7.11 Å². The maximum Gasteiger partial charge on any atom is 0.408 e. The van der Waals surface area contributed by atoms with Crippen LogP contribution in [0.1, 0.15) is 5.56 Å². The van der Waals surface area contributed by atoms with Gasteiger partial charge in [0.1, 0.15) is 5.75 Å². The van der Waals surface area contributed by atoms with Gasteiger partial charge in [-0.3, -0.25) is 0 Å². The van der Waals surface area contributed by atoms with Crippen LogP contribution in [0, 0.1) is 10.1 Å². The van der Waals surface area contributed by atoms with Gasteiger partial charge in [-0.1, -0.05) is 23.7 Å². The Bertz CT molecular complexity index is 565. The highest BCUT2D eigenvalue weighted by atomic mass is 35.5. The standard InChI is InChI=1S/C11H10ClN3O3/c1-18-9-4-2-8(3-5-9)6-14-7-10(12)11(13-14)15(16)17/h2-5,7H,6H2,1H3. The summed E-state index contributed by atoms with van der Waals surface area (Å²) in [4.78, 5) is 10.00. The number of hydrogen-bond donors (Lipinski definition) is 0. The molecule has 0 aliphatic rings. The predicted molar refractivity (Wildman–Crippen MR) is 66.0 cm³/mol. The van der Waals surface area contributed by atoms with Crippen molar-refractivity contribution in [3.8, 4) is 5.75 Å². The van der Waals surface area contributed by atoms with E-state index in [-0.39, 0.29) is 10.8 Å². The van der Waals surface area contributed by atoms with Gasteiger partial charge >= 0.3 is 5.82 Å². The first kappa shape index (κ1) is 12.4. The van der Waals surface area contributed by atoms with Crippen molar-refractivity contribution in [1.82, 2.24) is 9.78 Å². The maximum atomic E-state index is 10.6. The zero-order chi connectivity index (χ0) is 13.1. The molecule has 0 radical (unpaired) electrons. The van der Waals surface area contributed by atoms with Crippen LogP contribution >= 0.6 is 11.6 Å². The van der Waals surface area contributed by atoms with E-state index in [0.717, 1.165) is 11.3 Å². The molecule has 0 spiro atoms. The molecule has 0 saturated carbocycles. The number of hydrogen-bond acceptors (Lipinski definition) is 4. The molecule has 1 aromatic heterocycles. The summed E-state index contributed by atoms with van der Waals surface area (Å²) in [6.45, 7) is 0.414. The molecule has 0 N–H and O–H groups in total. The highest BCUT2D eigenvalue weighted by Crippen LogP contribution is 2.22. The average molecular weight is 268 g/mol. The third-order valence-electron chi connectivity index (χ3n) is 2.38. The van der Waals surface area contributed by atoms with Crippen molar-refractivity contribution in [2.24, 2.45) is 0 Å². The number of nitrogens with zero attached hydrogens (tertiary/aromatic N) is 3. The minimum Gasteiger partial charge on any atom is -0.497 e. The number of nitro groups is 1. The summed E-state index contributed by atoms with van der Waals surface area (Å²) in [5, 5.41) is 14.4. The van der Waals surface area contributed by atoms with Gasteiger partial charge in [0.05, 0.1) is 25.0 Å². The number of methoxy groups -OCH3 is 1. The zero-order valence-corrected chi connectivity index (χ0v) is 10.3. The van der Waals surface area contributed by atoms with Gasteiger partial charge in [0.25, 0.3) is 0 Å². The number of ether oxygens (including phenoxy) is 1. The zero-order valence-electron chi connectivity index (χ0n) is 9.54. The molecule has 0 fully saturated rings. The second-order valence-electron chi connectivity index (χ2n) is 3.60. The molecular weight excluding hydrogens is 258 g/mol. The quantitative estimate of drug-likeness (QED) is 0.630. The van der Waals surface area contributed by atoms with Crippen LogP contribution in [-0.2, 0) is 6.54 Å². The van der Waals surface area contributed by atoms with Gasteiger partial charge in [-0.05, 0) is 22.6 Å². The van der Waals surface area contributed by atoms with E-state index in [1.165, 1.54) is 10.9 Å². The van der Waals surface area contributed by atoms with Gasteiger partial charge in [0.15, 0.2) is 5.02 Å². The van der Waals surface area contributed by atoms with Gasteiger partial charge in [0.2, 0.25) is 0 Å². The first-order chi connectivity index (χ1) is 8.60. The first-order valence-electron chi connectivity index (χ1n) is 5.10. The van der Waals surface area contributed by atoms with Crippen molar-refractivity contribution in [2.75, 3.05) is 7.11 Å². The van der Waals surface area contributed by atoms with E-state index in [0.29, 0.717) is 6.54 Å². The molecule has 2 rings (SSSR count). The number of aromatic nitrogens is 2. The molecule has 6 nitrogen and oxygen atoms in total. The molecule has 0 unspecified atom stereocenters. The Balaban J connectivity index is 2.18. The lowest BCUT2D eigenvalue weighted by atomic mass is 10.2. The molecule has 0 aliphatic carbocycles. The normalized spacial score (nSPS) is 10.3. The molecule has 18 heavy (non-hydrogen) atoms. The van der Waals surface area contributed by atoms with Crippen LogP contribution in [0.2, 0.25) is 5.02 Å². The third-order valence-corrected chi connectivity index (χ3v) is 2.64. The lowest BCUT2D eigenvalue weighted by Crippen LogP contribution is -2.01. The van der Waals surface area contributed by atoms with Crippen molar-refractivity contribution >= 4 is 17.4 Å². The van der Waals surface area contributed by atoms with Crippen LogP contribution in [-0.4, -0.2) is 21.8 Å². The second-order valence-corrected chi connectivity index (χ2v) is 4.01. The molecule has 1 heterocycles. The monoisotopic (exact) mass is 267 g/mol. The maximum absolute atomic E-state index is 10.6. The molecule has 7 heteroatoms. The minimum atomic E-state index is -0.604. The van der Waals surface area contributed by atoms with Crippen molar-refractivity contribution in [3.63, 3.8) is 0 Å². The minimum absolute atomic E-state index is 0.0357. The predicted octanol–water partition coefficient (Wildman–Crippen LogP) is 2.50. The van der Waals surface area contributed by atoms with E-state index in [1.807, 2.05) is 24.3 Å². The molecular formula is C11H10ClN3O3. The second kappa shape index (κ2) is 5.05. The SMILES string of the molecule is COc1ccc(Cn2cc(Cl)c([N+](=O)[O-])n2)cc1. The van der Waals surface area contributed by atoms with Gasteiger partial charge in [0, 0.05) is 0 Å². The third kappa shape index (κ3) is 2.60. The smallest absolute Gasteiger partial charge is 0.408 e. The van der Waals surface area contributed by atoms with Gasteiger partial charge in [-0.15, -0.1) is 0 Å². The molecule has 2 aromatic rings. The summed E-state index contributed by atoms with van der Waals surface area (Å²) < 4.78 is 6.47. The molecule has 0 aliphatic heterocycles. The van der Waals surface area contributed by atoms with E-state index >= 15 is 0 Å².